The van der Waals surface area contributed by atoms with E-state index in [0.29, 0.717) is 39.8 Å². The highest BCUT2D eigenvalue weighted by atomic mass is 32.1. The van der Waals surface area contributed by atoms with Gasteiger partial charge in [-0.15, -0.1) is 16.4 Å². The highest BCUT2D eigenvalue weighted by molar-refractivity contribution is 7.10. The normalized spacial score (nSPS) is 14.5. The number of thiophene rings is 1. The molecular weight excluding hydrogens is 496 g/mol. The van der Waals surface area contributed by atoms with Gasteiger partial charge in [0.25, 0.3) is 0 Å². The number of fused-ring (bicyclic) bond motifs is 7. The molecule has 0 spiro atoms. The van der Waals surface area contributed by atoms with Crippen molar-refractivity contribution < 1.29 is 9.15 Å². The summed E-state index contributed by atoms with van der Waals surface area (Å²) in [4.78, 5) is 24.1. The summed E-state index contributed by atoms with van der Waals surface area (Å²) in [6.45, 7) is 2.04. The van der Waals surface area contributed by atoms with Crippen LogP contribution in [0, 0.1) is 6.92 Å². The molecule has 7 aromatic rings. The van der Waals surface area contributed by atoms with E-state index >= 15 is 0 Å². The molecule has 0 radical (unpaired) electrons. The SMILES string of the molecule is Cc1ccsc1C1c2c(c3ccccc3oc2=O)Oc2ncn3nc(-c4ccc5ccccc5c4)nc3c21. The molecule has 0 amide bonds. The average molecular weight is 515 g/mol. The van der Waals surface area contributed by atoms with Crippen molar-refractivity contribution in [3.8, 4) is 23.0 Å². The van der Waals surface area contributed by atoms with Gasteiger partial charge in [0.15, 0.2) is 17.2 Å². The Hall–Kier alpha value is -4.82. The summed E-state index contributed by atoms with van der Waals surface area (Å²) in [5, 5.41) is 9.77. The summed E-state index contributed by atoms with van der Waals surface area (Å²) in [6, 6.07) is 23.8. The van der Waals surface area contributed by atoms with Gasteiger partial charge >= 0.3 is 5.63 Å². The quantitative estimate of drug-likeness (QED) is 0.239. The van der Waals surface area contributed by atoms with E-state index in [1.54, 1.807) is 28.2 Å². The first-order valence-corrected chi connectivity index (χ1v) is 13.1. The molecule has 1 aliphatic heterocycles. The van der Waals surface area contributed by atoms with Crippen LogP contribution in [0.3, 0.4) is 0 Å². The van der Waals surface area contributed by atoms with Gasteiger partial charge in [-0.3, -0.25) is 0 Å². The van der Waals surface area contributed by atoms with Gasteiger partial charge in [-0.1, -0.05) is 48.5 Å². The lowest BCUT2D eigenvalue weighted by Gasteiger charge is -2.26. The van der Waals surface area contributed by atoms with Crippen LogP contribution in [0.4, 0.5) is 0 Å². The molecular formula is C30H18N4O3S. The van der Waals surface area contributed by atoms with Crippen molar-refractivity contribution in [3.63, 3.8) is 0 Å². The summed E-state index contributed by atoms with van der Waals surface area (Å²) in [6.07, 6.45) is 1.61. The van der Waals surface area contributed by atoms with Gasteiger partial charge in [0.05, 0.1) is 22.4 Å². The van der Waals surface area contributed by atoms with Crippen LogP contribution in [-0.2, 0) is 0 Å². The molecule has 8 heteroatoms. The molecule has 1 unspecified atom stereocenters. The fourth-order valence-electron chi connectivity index (χ4n) is 5.32. The minimum absolute atomic E-state index is 0.413. The molecule has 0 fully saturated rings. The first kappa shape index (κ1) is 21.3. The Balaban J connectivity index is 1.41. The van der Waals surface area contributed by atoms with Gasteiger partial charge in [0.2, 0.25) is 5.88 Å². The summed E-state index contributed by atoms with van der Waals surface area (Å²) in [7, 11) is 0. The molecule has 1 aliphatic rings. The Kier molecular flexibility index (Phi) is 4.39. The van der Waals surface area contributed by atoms with Gasteiger partial charge < -0.3 is 9.15 Å². The minimum Gasteiger partial charge on any atom is -0.437 e. The van der Waals surface area contributed by atoms with Crippen LogP contribution in [0.5, 0.6) is 11.6 Å². The minimum atomic E-state index is -0.459. The lowest BCUT2D eigenvalue weighted by molar-refractivity contribution is 0.423. The third-order valence-corrected chi connectivity index (χ3v) is 8.22. The highest BCUT2D eigenvalue weighted by Crippen LogP contribution is 2.50. The van der Waals surface area contributed by atoms with Crippen molar-refractivity contribution in [2.75, 3.05) is 0 Å². The molecule has 0 saturated heterocycles. The zero-order chi connectivity index (χ0) is 25.4. The predicted molar refractivity (Wildman–Crippen MR) is 146 cm³/mol. The van der Waals surface area contributed by atoms with Crippen molar-refractivity contribution in [2.45, 2.75) is 12.8 Å². The number of rotatable bonds is 2. The van der Waals surface area contributed by atoms with E-state index < -0.39 is 11.5 Å². The molecule has 0 saturated carbocycles. The smallest absolute Gasteiger partial charge is 0.344 e. The molecule has 1 atom stereocenters. The first-order chi connectivity index (χ1) is 18.7. The fourth-order valence-corrected chi connectivity index (χ4v) is 6.37. The van der Waals surface area contributed by atoms with E-state index in [1.165, 1.54) is 0 Å². The van der Waals surface area contributed by atoms with E-state index in [-0.39, 0.29) is 0 Å². The van der Waals surface area contributed by atoms with Crippen LogP contribution in [0.1, 0.15) is 27.5 Å². The molecule has 0 N–H and O–H groups in total. The number of benzene rings is 3. The summed E-state index contributed by atoms with van der Waals surface area (Å²) >= 11 is 1.59. The summed E-state index contributed by atoms with van der Waals surface area (Å²) in [5.74, 6) is 1.01. The van der Waals surface area contributed by atoms with Gasteiger partial charge in [0, 0.05) is 10.4 Å². The van der Waals surface area contributed by atoms with Crippen molar-refractivity contribution >= 4 is 38.7 Å². The second-order valence-corrected chi connectivity index (χ2v) is 10.3. The van der Waals surface area contributed by atoms with Crippen molar-refractivity contribution in [1.82, 2.24) is 19.6 Å². The average Bonchev–Trinajstić information content (AvgIpc) is 3.58. The molecule has 5 heterocycles. The zero-order valence-corrected chi connectivity index (χ0v) is 20.9. The monoisotopic (exact) mass is 514 g/mol. The van der Waals surface area contributed by atoms with Crippen LogP contribution in [0.2, 0.25) is 0 Å². The van der Waals surface area contributed by atoms with Gasteiger partial charge in [0.1, 0.15) is 11.9 Å². The molecule has 0 aliphatic carbocycles. The number of para-hydroxylation sites is 1. The van der Waals surface area contributed by atoms with Crippen molar-refractivity contribution in [3.05, 3.63) is 116 Å². The zero-order valence-electron chi connectivity index (χ0n) is 20.1. The molecule has 4 aromatic heterocycles. The number of aromatic nitrogens is 4. The third-order valence-electron chi connectivity index (χ3n) is 7.13. The van der Waals surface area contributed by atoms with Crippen LogP contribution >= 0.6 is 11.3 Å². The topological polar surface area (TPSA) is 82.5 Å². The molecule has 0 bridgehead atoms. The van der Waals surface area contributed by atoms with Gasteiger partial charge in [-0.05, 0) is 52.9 Å². The fraction of sp³-hybridized carbons (Fsp3) is 0.0667. The van der Waals surface area contributed by atoms with Gasteiger partial charge in [-0.2, -0.15) is 0 Å². The summed E-state index contributed by atoms with van der Waals surface area (Å²) in [5.41, 5.74) is 3.76. The number of hydrogen-bond acceptors (Lipinski definition) is 7. The van der Waals surface area contributed by atoms with E-state index in [1.807, 2.05) is 48.7 Å². The van der Waals surface area contributed by atoms with E-state index in [4.69, 9.17) is 19.2 Å². The molecule has 38 heavy (non-hydrogen) atoms. The Labute approximate surface area is 219 Å². The molecule has 7 nitrogen and oxygen atoms in total. The van der Waals surface area contributed by atoms with Crippen molar-refractivity contribution in [2.24, 2.45) is 0 Å². The number of ether oxygens (including phenoxy) is 1. The first-order valence-electron chi connectivity index (χ1n) is 12.2. The van der Waals surface area contributed by atoms with E-state index in [2.05, 4.69) is 35.3 Å². The molecule has 182 valence electrons. The predicted octanol–water partition coefficient (Wildman–Crippen LogP) is 6.71. The Bertz CT molecular complexity index is 2120. The van der Waals surface area contributed by atoms with E-state index in [0.717, 1.165) is 32.2 Å². The highest BCUT2D eigenvalue weighted by Gasteiger charge is 2.38. The number of aryl methyl sites for hydroxylation is 1. The Morgan fingerprint density at radius 2 is 1.79 bits per heavy atom. The Morgan fingerprint density at radius 3 is 2.66 bits per heavy atom. The maximum atomic E-state index is 13.5. The summed E-state index contributed by atoms with van der Waals surface area (Å²) < 4.78 is 13.8. The number of hydrogen-bond donors (Lipinski definition) is 0. The van der Waals surface area contributed by atoms with Crippen LogP contribution < -0.4 is 10.4 Å². The van der Waals surface area contributed by atoms with Crippen LogP contribution in [-0.4, -0.2) is 19.6 Å². The van der Waals surface area contributed by atoms with Crippen molar-refractivity contribution in [1.29, 1.82) is 0 Å². The standard InChI is InChI=1S/C30H18N4O3S/c1-16-12-13-38-26(16)22-23-25(20-8-4-5-9-21(20)36-30(23)35)37-29-24(22)28-32-27(33-34(28)15-31-29)19-11-10-17-6-2-3-7-18(17)14-19/h2-15,22H,1H3. The second kappa shape index (κ2) is 7.84. The maximum absolute atomic E-state index is 13.5. The van der Waals surface area contributed by atoms with Crippen LogP contribution in [0.25, 0.3) is 38.8 Å². The Morgan fingerprint density at radius 1 is 0.947 bits per heavy atom. The van der Waals surface area contributed by atoms with E-state index in [9.17, 15) is 4.79 Å². The van der Waals surface area contributed by atoms with Gasteiger partial charge in [-0.25, -0.2) is 19.3 Å². The lowest BCUT2D eigenvalue weighted by Crippen LogP contribution is -2.22. The number of nitrogens with zero attached hydrogens (tertiary/aromatic N) is 4. The molecule has 3 aromatic carbocycles. The lowest BCUT2D eigenvalue weighted by atomic mass is 9.87. The largest absolute Gasteiger partial charge is 0.437 e. The molecule has 8 rings (SSSR count). The third kappa shape index (κ3) is 3.01. The second-order valence-electron chi connectivity index (χ2n) is 9.36. The maximum Gasteiger partial charge on any atom is 0.344 e. The van der Waals surface area contributed by atoms with Crippen LogP contribution in [0.15, 0.2) is 93.7 Å².